The molecule has 9 heavy (non-hydrogen) atoms. The smallest absolute Gasteiger partial charge is 0.134 e. The van der Waals surface area contributed by atoms with E-state index in [1.165, 1.54) is 0 Å². The zero-order valence-electron chi connectivity index (χ0n) is 5.73. The van der Waals surface area contributed by atoms with Crippen LogP contribution in [-0.4, -0.2) is 17.4 Å². The van der Waals surface area contributed by atoms with Gasteiger partial charge in [-0.3, -0.25) is 0 Å². The van der Waals surface area contributed by atoms with Crippen LogP contribution >= 0.6 is 0 Å². The first-order valence-electron chi connectivity index (χ1n) is 3.46. The maximum atomic E-state index is 13.0. The summed E-state index contributed by atoms with van der Waals surface area (Å²) < 4.78 is 13.0. The molecule has 0 bridgehead atoms. The van der Waals surface area contributed by atoms with Crippen LogP contribution in [0.2, 0.25) is 0 Å². The van der Waals surface area contributed by atoms with E-state index in [0.717, 1.165) is 6.42 Å². The fourth-order valence-corrected chi connectivity index (χ4v) is 1.48. The lowest BCUT2D eigenvalue weighted by molar-refractivity contribution is 0.0743. The topological polar surface area (TPSA) is 20.2 Å². The van der Waals surface area contributed by atoms with Crippen molar-refractivity contribution in [2.24, 2.45) is 5.92 Å². The molecule has 1 aliphatic rings. The highest BCUT2D eigenvalue weighted by atomic mass is 19.1. The first-order chi connectivity index (χ1) is 4.16. The van der Waals surface area contributed by atoms with Gasteiger partial charge in [0.15, 0.2) is 0 Å². The monoisotopic (exact) mass is 132 g/mol. The van der Waals surface area contributed by atoms with E-state index in [0.29, 0.717) is 18.8 Å². The Labute approximate surface area is 54.9 Å². The zero-order chi connectivity index (χ0) is 6.91. The van der Waals surface area contributed by atoms with Crippen molar-refractivity contribution in [3.8, 4) is 0 Å². The van der Waals surface area contributed by atoms with Gasteiger partial charge in [0.25, 0.3) is 0 Å². The molecule has 1 rings (SSSR count). The van der Waals surface area contributed by atoms with E-state index < -0.39 is 5.67 Å². The van der Waals surface area contributed by atoms with Crippen LogP contribution in [0.3, 0.4) is 0 Å². The van der Waals surface area contributed by atoms with E-state index >= 15 is 0 Å². The van der Waals surface area contributed by atoms with E-state index in [4.69, 9.17) is 5.11 Å². The molecular formula is C7H13FO. The third kappa shape index (κ3) is 1.42. The van der Waals surface area contributed by atoms with Crippen molar-refractivity contribution in [3.63, 3.8) is 0 Å². The molecule has 1 nitrogen and oxygen atoms in total. The molecule has 0 aliphatic heterocycles. The van der Waals surface area contributed by atoms with Crippen LogP contribution in [0, 0.1) is 5.92 Å². The Bertz CT molecular complexity index is 105. The van der Waals surface area contributed by atoms with Crippen molar-refractivity contribution in [1.82, 2.24) is 0 Å². The van der Waals surface area contributed by atoms with Crippen molar-refractivity contribution >= 4 is 0 Å². The average molecular weight is 132 g/mol. The lowest BCUT2D eigenvalue weighted by Gasteiger charge is -2.14. The molecule has 54 valence electrons. The Morgan fingerprint density at radius 2 is 2.44 bits per heavy atom. The molecule has 1 aliphatic carbocycles. The van der Waals surface area contributed by atoms with Gasteiger partial charge in [-0.15, -0.1) is 0 Å². The highest BCUT2D eigenvalue weighted by molar-refractivity contribution is 4.87. The molecule has 0 aromatic carbocycles. The molecule has 0 radical (unpaired) electrons. The van der Waals surface area contributed by atoms with E-state index in [-0.39, 0.29) is 6.61 Å². The largest absolute Gasteiger partial charge is 0.393 e. The summed E-state index contributed by atoms with van der Waals surface area (Å²) in [6.07, 6.45) is 2.02. The molecule has 0 aromatic rings. The molecule has 1 fully saturated rings. The maximum Gasteiger partial charge on any atom is 0.134 e. The lowest BCUT2D eigenvalue weighted by atomic mass is 10.0. The second kappa shape index (κ2) is 2.25. The highest BCUT2D eigenvalue weighted by Crippen LogP contribution is 2.36. The minimum Gasteiger partial charge on any atom is -0.393 e. The van der Waals surface area contributed by atoms with Gasteiger partial charge in [-0.2, -0.15) is 0 Å². The van der Waals surface area contributed by atoms with Crippen molar-refractivity contribution in [2.45, 2.75) is 31.9 Å². The first-order valence-corrected chi connectivity index (χ1v) is 3.46. The van der Waals surface area contributed by atoms with Gasteiger partial charge in [0.1, 0.15) is 5.67 Å². The quantitative estimate of drug-likeness (QED) is 0.573. The molecular weight excluding hydrogens is 119 g/mol. The third-order valence-corrected chi connectivity index (χ3v) is 2.08. The van der Waals surface area contributed by atoms with E-state index in [1.54, 1.807) is 0 Å². The zero-order valence-corrected chi connectivity index (χ0v) is 5.73. The van der Waals surface area contributed by atoms with Crippen molar-refractivity contribution in [1.29, 1.82) is 0 Å². The summed E-state index contributed by atoms with van der Waals surface area (Å²) >= 11 is 0. The number of alkyl halides is 1. The van der Waals surface area contributed by atoms with Crippen molar-refractivity contribution < 1.29 is 9.50 Å². The first kappa shape index (κ1) is 7.00. The van der Waals surface area contributed by atoms with Crippen LogP contribution in [0.5, 0.6) is 0 Å². The number of hydrogen-bond acceptors (Lipinski definition) is 1. The van der Waals surface area contributed by atoms with Gasteiger partial charge < -0.3 is 5.11 Å². The molecule has 2 unspecified atom stereocenters. The highest BCUT2D eigenvalue weighted by Gasteiger charge is 2.36. The van der Waals surface area contributed by atoms with Gasteiger partial charge in [-0.05, 0) is 25.2 Å². The fraction of sp³-hybridized carbons (Fsp3) is 1.00. The third-order valence-electron chi connectivity index (χ3n) is 2.08. The summed E-state index contributed by atoms with van der Waals surface area (Å²) in [5.74, 6) is 0.460. The fourth-order valence-electron chi connectivity index (χ4n) is 1.48. The van der Waals surface area contributed by atoms with Crippen LogP contribution in [0.15, 0.2) is 0 Å². The number of aliphatic hydroxyl groups is 1. The Kier molecular flexibility index (Phi) is 1.75. The molecule has 2 heteroatoms. The molecule has 2 atom stereocenters. The van der Waals surface area contributed by atoms with E-state index in [2.05, 4.69) is 0 Å². The van der Waals surface area contributed by atoms with Gasteiger partial charge in [0.2, 0.25) is 0 Å². The van der Waals surface area contributed by atoms with Crippen LogP contribution in [0.1, 0.15) is 26.2 Å². The van der Waals surface area contributed by atoms with Gasteiger partial charge >= 0.3 is 0 Å². The summed E-state index contributed by atoms with van der Waals surface area (Å²) in [7, 11) is 0. The maximum absolute atomic E-state index is 13.0. The van der Waals surface area contributed by atoms with Crippen molar-refractivity contribution in [3.05, 3.63) is 0 Å². The molecule has 0 spiro atoms. The van der Waals surface area contributed by atoms with Gasteiger partial charge in [0.05, 0.1) is 6.61 Å². The Hall–Kier alpha value is -0.110. The molecule has 0 heterocycles. The number of halogens is 1. The molecule has 0 saturated heterocycles. The summed E-state index contributed by atoms with van der Waals surface area (Å²) in [6, 6.07) is 0. The summed E-state index contributed by atoms with van der Waals surface area (Å²) in [4.78, 5) is 0. The SMILES string of the molecule is CC1CCC(F)(CO)C1. The van der Waals surface area contributed by atoms with Gasteiger partial charge in [0, 0.05) is 0 Å². The standard InChI is InChI=1S/C7H13FO/c1-6-2-3-7(8,4-6)5-9/h6,9H,2-5H2,1H3. The predicted molar refractivity (Wildman–Crippen MR) is 33.9 cm³/mol. The molecule has 1 N–H and O–H groups in total. The average Bonchev–Trinajstić information content (AvgIpc) is 2.13. The minimum absolute atomic E-state index is 0.294. The van der Waals surface area contributed by atoms with Crippen LogP contribution < -0.4 is 0 Å². The molecule has 0 aromatic heterocycles. The number of rotatable bonds is 1. The number of hydrogen-bond donors (Lipinski definition) is 1. The van der Waals surface area contributed by atoms with E-state index in [1.807, 2.05) is 6.92 Å². The van der Waals surface area contributed by atoms with E-state index in [9.17, 15) is 4.39 Å². The van der Waals surface area contributed by atoms with Crippen molar-refractivity contribution in [2.75, 3.05) is 6.61 Å². The minimum atomic E-state index is -1.24. The summed E-state index contributed by atoms with van der Waals surface area (Å²) in [6.45, 7) is 1.73. The Morgan fingerprint density at radius 3 is 2.67 bits per heavy atom. The van der Waals surface area contributed by atoms with Crippen LogP contribution in [0.25, 0.3) is 0 Å². The normalized spacial score (nSPS) is 43.7. The molecule has 1 saturated carbocycles. The van der Waals surface area contributed by atoms with Crippen LogP contribution in [-0.2, 0) is 0 Å². The second-order valence-electron chi connectivity index (χ2n) is 3.16. The molecule has 0 amide bonds. The predicted octanol–water partition coefficient (Wildman–Crippen LogP) is 1.51. The number of aliphatic hydroxyl groups excluding tert-OH is 1. The second-order valence-corrected chi connectivity index (χ2v) is 3.16. The lowest BCUT2D eigenvalue weighted by Crippen LogP contribution is -2.23. The Balaban J connectivity index is 2.45. The summed E-state index contributed by atoms with van der Waals surface area (Å²) in [5, 5.41) is 8.57. The van der Waals surface area contributed by atoms with Gasteiger partial charge in [-0.1, -0.05) is 6.92 Å². The van der Waals surface area contributed by atoms with Gasteiger partial charge in [-0.25, -0.2) is 4.39 Å². The summed E-state index contributed by atoms with van der Waals surface area (Å²) in [5.41, 5.74) is -1.24. The van der Waals surface area contributed by atoms with Crippen LogP contribution in [0.4, 0.5) is 4.39 Å². The Morgan fingerprint density at radius 1 is 1.78 bits per heavy atom.